The van der Waals surface area contributed by atoms with E-state index in [4.69, 9.17) is 5.11 Å². The van der Waals surface area contributed by atoms with E-state index < -0.39 is 5.97 Å². The van der Waals surface area contributed by atoms with Gasteiger partial charge in [0.2, 0.25) is 5.95 Å². The number of nitrogens with zero attached hydrogens (tertiary/aromatic N) is 4. The van der Waals surface area contributed by atoms with E-state index in [-0.39, 0.29) is 5.69 Å². The van der Waals surface area contributed by atoms with Gasteiger partial charge in [0.1, 0.15) is 0 Å². The molecule has 0 fully saturated rings. The Bertz CT molecular complexity index is 636. The Balaban J connectivity index is 1.95. The summed E-state index contributed by atoms with van der Waals surface area (Å²) in [5.74, 6) is -0.0819. The molecule has 7 heteroatoms. The lowest BCUT2D eigenvalue weighted by molar-refractivity contribution is 0.0691. The van der Waals surface area contributed by atoms with Crippen molar-refractivity contribution in [2.75, 3.05) is 11.9 Å². The molecule has 112 valence electrons. The first-order valence-electron chi connectivity index (χ1n) is 6.80. The second kappa shape index (κ2) is 6.34. The number of carboxylic acids is 1. The summed E-state index contributed by atoms with van der Waals surface area (Å²) in [5, 5.41) is 12.0. The molecule has 2 N–H and O–H groups in total. The molecule has 0 amide bonds. The maximum absolute atomic E-state index is 10.7. The number of carbonyl (C=O) groups is 1. The molecule has 0 unspecified atom stereocenters. The maximum Gasteiger partial charge on any atom is 0.356 e. The van der Waals surface area contributed by atoms with E-state index in [1.165, 1.54) is 12.5 Å². The number of rotatable bonds is 6. The standard InChI is InChI=1S/C14H19N5O2/c1-9(2)11-6-10(3)17-14(18-11)15-4-5-19-7-12(13(20)21)16-8-19/h6-9H,4-5H2,1-3H3,(H,20,21)(H,15,17,18). The minimum absolute atomic E-state index is 0.0453. The summed E-state index contributed by atoms with van der Waals surface area (Å²) >= 11 is 0. The van der Waals surface area contributed by atoms with Crippen LogP contribution in [0.15, 0.2) is 18.6 Å². The highest BCUT2D eigenvalue weighted by Gasteiger charge is 2.07. The molecule has 2 rings (SSSR count). The number of carboxylic acid groups (broad SMARTS) is 1. The van der Waals surface area contributed by atoms with Gasteiger partial charge in [-0.05, 0) is 18.9 Å². The number of aromatic nitrogens is 4. The number of aryl methyl sites for hydroxylation is 1. The number of hydrogen-bond acceptors (Lipinski definition) is 5. The molecule has 0 spiro atoms. The molecule has 0 saturated heterocycles. The molecular formula is C14H19N5O2. The van der Waals surface area contributed by atoms with Crippen LogP contribution in [0.2, 0.25) is 0 Å². The fourth-order valence-corrected chi connectivity index (χ4v) is 1.86. The number of anilines is 1. The van der Waals surface area contributed by atoms with Crippen molar-refractivity contribution in [3.63, 3.8) is 0 Å². The maximum atomic E-state index is 10.7. The van der Waals surface area contributed by atoms with Gasteiger partial charge < -0.3 is 15.0 Å². The van der Waals surface area contributed by atoms with E-state index in [0.717, 1.165) is 11.4 Å². The third-order valence-corrected chi connectivity index (χ3v) is 2.97. The van der Waals surface area contributed by atoms with Gasteiger partial charge in [-0.3, -0.25) is 0 Å². The Morgan fingerprint density at radius 2 is 2.19 bits per heavy atom. The van der Waals surface area contributed by atoms with Crippen LogP contribution < -0.4 is 5.32 Å². The molecule has 0 aromatic carbocycles. The van der Waals surface area contributed by atoms with Crippen LogP contribution in [-0.4, -0.2) is 37.1 Å². The van der Waals surface area contributed by atoms with Crippen LogP contribution in [-0.2, 0) is 6.54 Å². The summed E-state index contributed by atoms with van der Waals surface area (Å²) in [7, 11) is 0. The van der Waals surface area contributed by atoms with Crippen LogP contribution in [0.5, 0.6) is 0 Å². The second-order valence-corrected chi connectivity index (χ2v) is 5.14. The Morgan fingerprint density at radius 3 is 2.81 bits per heavy atom. The summed E-state index contributed by atoms with van der Waals surface area (Å²) in [5.41, 5.74) is 1.97. The quantitative estimate of drug-likeness (QED) is 0.844. The van der Waals surface area contributed by atoms with Crippen LogP contribution in [0, 0.1) is 6.92 Å². The summed E-state index contributed by atoms with van der Waals surface area (Å²) < 4.78 is 1.72. The van der Waals surface area contributed by atoms with Crippen molar-refractivity contribution >= 4 is 11.9 Å². The zero-order valence-electron chi connectivity index (χ0n) is 12.4. The predicted molar refractivity (Wildman–Crippen MR) is 78.5 cm³/mol. The van der Waals surface area contributed by atoms with Gasteiger partial charge in [-0.2, -0.15) is 0 Å². The third kappa shape index (κ3) is 4.01. The number of aromatic carboxylic acids is 1. The van der Waals surface area contributed by atoms with Crippen molar-refractivity contribution < 1.29 is 9.90 Å². The minimum Gasteiger partial charge on any atom is -0.476 e. The molecule has 0 aliphatic carbocycles. The summed E-state index contributed by atoms with van der Waals surface area (Å²) in [6, 6.07) is 1.98. The van der Waals surface area contributed by atoms with E-state index in [2.05, 4.69) is 34.1 Å². The Morgan fingerprint density at radius 1 is 1.43 bits per heavy atom. The molecule has 2 heterocycles. The number of imidazole rings is 1. The Labute approximate surface area is 123 Å². The molecule has 0 bridgehead atoms. The molecule has 0 aliphatic rings. The summed E-state index contributed by atoms with van der Waals surface area (Å²) in [6.07, 6.45) is 3.00. The average molecular weight is 289 g/mol. The lowest BCUT2D eigenvalue weighted by Crippen LogP contribution is -2.13. The first-order valence-corrected chi connectivity index (χ1v) is 6.80. The molecular weight excluding hydrogens is 270 g/mol. The lowest BCUT2D eigenvalue weighted by Gasteiger charge is -2.10. The van der Waals surface area contributed by atoms with Crippen molar-refractivity contribution in [1.82, 2.24) is 19.5 Å². The molecule has 0 atom stereocenters. The monoisotopic (exact) mass is 289 g/mol. The first-order chi connectivity index (χ1) is 9.95. The van der Waals surface area contributed by atoms with Gasteiger partial charge in [-0.15, -0.1) is 0 Å². The Kier molecular flexibility index (Phi) is 4.52. The van der Waals surface area contributed by atoms with Gasteiger partial charge in [-0.25, -0.2) is 19.7 Å². The molecule has 7 nitrogen and oxygen atoms in total. The van der Waals surface area contributed by atoms with Gasteiger partial charge in [-0.1, -0.05) is 13.8 Å². The van der Waals surface area contributed by atoms with Crippen molar-refractivity contribution in [2.45, 2.75) is 33.2 Å². The minimum atomic E-state index is -1.02. The smallest absolute Gasteiger partial charge is 0.356 e. The third-order valence-electron chi connectivity index (χ3n) is 2.97. The summed E-state index contributed by atoms with van der Waals surface area (Å²) in [4.78, 5) is 23.3. The molecule has 0 saturated carbocycles. The van der Waals surface area contributed by atoms with Gasteiger partial charge >= 0.3 is 5.97 Å². The van der Waals surface area contributed by atoms with Crippen LogP contribution in [0.4, 0.5) is 5.95 Å². The average Bonchev–Trinajstić information content (AvgIpc) is 2.87. The zero-order valence-corrected chi connectivity index (χ0v) is 12.4. The van der Waals surface area contributed by atoms with Crippen LogP contribution in [0.25, 0.3) is 0 Å². The summed E-state index contributed by atoms with van der Waals surface area (Å²) in [6.45, 7) is 7.30. The van der Waals surface area contributed by atoms with Gasteiger partial charge in [0.15, 0.2) is 5.69 Å². The highest BCUT2D eigenvalue weighted by atomic mass is 16.4. The predicted octanol–water partition coefficient (Wildman–Crippen LogP) is 1.92. The zero-order chi connectivity index (χ0) is 15.4. The second-order valence-electron chi connectivity index (χ2n) is 5.14. The molecule has 0 aliphatic heterocycles. The molecule has 21 heavy (non-hydrogen) atoms. The highest BCUT2D eigenvalue weighted by Crippen LogP contribution is 2.14. The SMILES string of the molecule is Cc1cc(C(C)C)nc(NCCn2cnc(C(=O)O)c2)n1. The van der Waals surface area contributed by atoms with Crippen molar-refractivity contribution in [3.05, 3.63) is 35.7 Å². The van der Waals surface area contributed by atoms with E-state index in [1.54, 1.807) is 4.57 Å². The van der Waals surface area contributed by atoms with Crippen molar-refractivity contribution in [1.29, 1.82) is 0 Å². The first kappa shape index (κ1) is 15.0. The fraction of sp³-hybridized carbons (Fsp3) is 0.429. The molecule has 0 radical (unpaired) electrons. The molecule has 2 aromatic rings. The van der Waals surface area contributed by atoms with Crippen LogP contribution in [0.3, 0.4) is 0 Å². The van der Waals surface area contributed by atoms with Gasteiger partial charge in [0.05, 0.1) is 6.33 Å². The molecule has 2 aromatic heterocycles. The van der Waals surface area contributed by atoms with Gasteiger partial charge in [0.25, 0.3) is 0 Å². The largest absolute Gasteiger partial charge is 0.476 e. The Hall–Kier alpha value is -2.44. The van der Waals surface area contributed by atoms with Crippen LogP contribution in [0.1, 0.15) is 41.6 Å². The number of nitrogens with one attached hydrogen (secondary N) is 1. The fourth-order valence-electron chi connectivity index (χ4n) is 1.86. The van der Waals surface area contributed by atoms with E-state index >= 15 is 0 Å². The van der Waals surface area contributed by atoms with Gasteiger partial charge in [0, 0.05) is 30.7 Å². The van der Waals surface area contributed by atoms with E-state index in [0.29, 0.717) is 25.0 Å². The van der Waals surface area contributed by atoms with Crippen LogP contribution >= 0.6 is 0 Å². The van der Waals surface area contributed by atoms with E-state index in [1.807, 2.05) is 13.0 Å². The highest BCUT2D eigenvalue weighted by molar-refractivity contribution is 5.84. The lowest BCUT2D eigenvalue weighted by atomic mass is 10.1. The van der Waals surface area contributed by atoms with Crippen molar-refractivity contribution in [2.24, 2.45) is 0 Å². The van der Waals surface area contributed by atoms with E-state index in [9.17, 15) is 4.79 Å². The number of hydrogen-bond donors (Lipinski definition) is 2. The topological polar surface area (TPSA) is 92.9 Å². The van der Waals surface area contributed by atoms with Crippen molar-refractivity contribution in [3.8, 4) is 0 Å². The normalized spacial score (nSPS) is 10.9.